The first-order chi connectivity index (χ1) is 5.63. The molecular weight excluding hydrogens is 153 g/mol. The van der Waals surface area contributed by atoms with Gasteiger partial charge in [-0.05, 0) is 30.2 Å². The van der Waals surface area contributed by atoms with Gasteiger partial charge in [0.25, 0.3) is 0 Å². The van der Waals surface area contributed by atoms with Gasteiger partial charge in [0.05, 0.1) is 0 Å². The van der Waals surface area contributed by atoms with Gasteiger partial charge in [-0.3, -0.25) is 0 Å². The molecule has 0 bridgehead atoms. The molecule has 1 unspecified atom stereocenters. The Morgan fingerprint density at radius 1 is 1.50 bits per heavy atom. The SMILES string of the molecule is C=CC(N)c1cc(C)cc(F)c1. The molecule has 0 aliphatic carbocycles. The average molecular weight is 165 g/mol. The molecule has 1 aromatic carbocycles. The summed E-state index contributed by atoms with van der Waals surface area (Å²) < 4.78 is 12.8. The minimum atomic E-state index is -0.278. The number of hydrogen-bond donors (Lipinski definition) is 1. The van der Waals surface area contributed by atoms with Crippen LogP contribution in [0.25, 0.3) is 0 Å². The first-order valence-electron chi connectivity index (χ1n) is 3.78. The molecule has 0 saturated heterocycles. The third kappa shape index (κ3) is 1.92. The normalized spacial score (nSPS) is 12.6. The van der Waals surface area contributed by atoms with Crippen LogP contribution in [0.1, 0.15) is 17.2 Å². The van der Waals surface area contributed by atoms with Crippen LogP contribution in [-0.4, -0.2) is 0 Å². The second-order valence-electron chi connectivity index (χ2n) is 2.82. The summed E-state index contributed by atoms with van der Waals surface area (Å²) in [5.41, 5.74) is 7.29. The third-order valence-electron chi connectivity index (χ3n) is 1.70. The fourth-order valence-corrected chi connectivity index (χ4v) is 1.09. The zero-order chi connectivity index (χ0) is 9.14. The molecule has 1 rings (SSSR count). The summed E-state index contributed by atoms with van der Waals surface area (Å²) in [6.07, 6.45) is 1.59. The lowest BCUT2D eigenvalue weighted by Gasteiger charge is -2.07. The largest absolute Gasteiger partial charge is 0.321 e. The quantitative estimate of drug-likeness (QED) is 0.669. The number of rotatable bonds is 2. The fraction of sp³-hybridized carbons (Fsp3) is 0.200. The summed E-state index contributed by atoms with van der Waals surface area (Å²) in [5.74, 6) is -0.248. The van der Waals surface area contributed by atoms with Gasteiger partial charge < -0.3 is 5.73 Å². The van der Waals surface area contributed by atoms with Gasteiger partial charge in [0.15, 0.2) is 0 Å². The molecule has 0 saturated carbocycles. The van der Waals surface area contributed by atoms with Crippen molar-refractivity contribution in [2.75, 3.05) is 0 Å². The van der Waals surface area contributed by atoms with Crippen molar-refractivity contribution >= 4 is 0 Å². The van der Waals surface area contributed by atoms with Gasteiger partial charge in [-0.25, -0.2) is 4.39 Å². The van der Waals surface area contributed by atoms with E-state index in [0.29, 0.717) is 0 Å². The molecule has 0 aliphatic rings. The molecule has 0 fully saturated rings. The minimum absolute atomic E-state index is 0.248. The molecule has 0 amide bonds. The zero-order valence-corrected chi connectivity index (χ0v) is 7.05. The minimum Gasteiger partial charge on any atom is -0.321 e. The third-order valence-corrected chi connectivity index (χ3v) is 1.70. The summed E-state index contributed by atoms with van der Waals surface area (Å²) in [6.45, 7) is 5.38. The Morgan fingerprint density at radius 3 is 2.67 bits per heavy atom. The Bertz CT molecular complexity index is 274. The number of halogens is 1. The Balaban J connectivity index is 3.08. The van der Waals surface area contributed by atoms with E-state index in [1.165, 1.54) is 12.1 Å². The van der Waals surface area contributed by atoms with E-state index in [1.807, 2.05) is 13.0 Å². The zero-order valence-electron chi connectivity index (χ0n) is 7.05. The highest BCUT2D eigenvalue weighted by Crippen LogP contribution is 2.14. The first kappa shape index (κ1) is 8.94. The van der Waals surface area contributed by atoms with Crippen molar-refractivity contribution in [3.8, 4) is 0 Å². The number of nitrogens with two attached hydrogens (primary N) is 1. The van der Waals surface area contributed by atoms with Crippen LogP contribution < -0.4 is 5.73 Å². The molecule has 12 heavy (non-hydrogen) atoms. The van der Waals surface area contributed by atoms with Crippen LogP contribution in [0.4, 0.5) is 4.39 Å². The summed E-state index contributed by atoms with van der Waals surface area (Å²) in [4.78, 5) is 0. The van der Waals surface area contributed by atoms with Crippen LogP contribution in [0.2, 0.25) is 0 Å². The van der Waals surface area contributed by atoms with E-state index in [4.69, 9.17) is 5.73 Å². The van der Waals surface area contributed by atoms with Crippen molar-refractivity contribution in [3.63, 3.8) is 0 Å². The van der Waals surface area contributed by atoms with Gasteiger partial charge in [-0.1, -0.05) is 12.1 Å². The van der Waals surface area contributed by atoms with Crippen LogP contribution in [0.5, 0.6) is 0 Å². The predicted molar refractivity (Wildman–Crippen MR) is 48.3 cm³/mol. The van der Waals surface area contributed by atoms with E-state index in [1.54, 1.807) is 6.08 Å². The molecule has 2 N–H and O–H groups in total. The molecule has 64 valence electrons. The molecule has 1 nitrogen and oxygen atoms in total. The topological polar surface area (TPSA) is 26.0 Å². The molecule has 0 aliphatic heterocycles. The maximum absolute atomic E-state index is 12.8. The Morgan fingerprint density at radius 2 is 2.17 bits per heavy atom. The molecule has 1 aromatic rings. The lowest BCUT2D eigenvalue weighted by molar-refractivity contribution is 0.622. The van der Waals surface area contributed by atoms with Crippen LogP contribution >= 0.6 is 0 Å². The van der Waals surface area contributed by atoms with E-state index in [-0.39, 0.29) is 11.9 Å². The molecule has 0 spiro atoms. The van der Waals surface area contributed by atoms with E-state index in [0.717, 1.165) is 11.1 Å². The number of benzene rings is 1. The van der Waals surface area contributed by atoms with Gasteiger partial charge >= 0.3 is 0 Å². The fourth-order valence-electron chi connectivity index (χ4n) is 1.09. The van der Waals surface area contributed by atoms with Crippen molar-refractivity contribution in [1.82, 2.24) is 0 Å². The summed E-state index contributed by atoms with van der Waals surface area (Å²) in [5, 5.41) is 0. The van der Waals surface area contributed by atoms with Gasteiger partial charge in [-0.15, -0.1) is 6.58 Å². The van der Waals surface area contributed by atoms with Crippen LogP contribution in [0, 0.1) is 12.7 Å². The van der Waals surface area contributed by atoms with Gasteiger partial charge in [0.1, 0.15) is 5.82 Å². The van der Waals surface area contributed by atoms with Crippen LogP contribution in [0.3, 0.4) is 0 Å². The lowest BCUT2D eigenvalue weighted by atomic mass is 10.1. The van der Waals surface area contributed by atoms with Crippen molar-refractivity contribution in [3.05, 3.63) is 47.8 Å². The maximum Gasteiger partial charge on any atom is 0.123 e. The van der Waals surface area contributed by atoms with Crippen molar-refractivity contribution in [2.24, 2.45) is 5.73 Å². The van der Waals surface area contributed by atoms with Crippen LogP contribution in [0.15, 0.2) is 30.9 Å². The highest BCUT2D eigenvalue weighted by molar-refractivity contribution is 5.27. The molecule has 0 radical (unpaired) electrons. The smallest absolute Gasteiger partial charge is 0.123 e. The number of aryl methyl sites for hydroxylation is 1. The number of hydrogen-bond acceptors (Lipinski definition) is 1. The molecule has 0 aromatic heterocycles. The van der Waals surface area contributed by atoms with Crippen LogP contribution in [-0.2, 0) is 0 Å². The Hall–Kier alpha value is -1.15. The van der Waals surface area contributed by atoms with Gasteiger partial charge in [0.2, 0.25) is 0 Å². The van der Waals surface area contributed by atoms with E-state index in [2.05, 4.69) is 6.58 Å². The summed E-state index contributed by atoms with van der Waals surface area (Å²) in [7, 11) is 0. The maximum atomic E-state index is 12.8. The van der Waals surface area contributed by atoms with E-state index >= 15 is 0 Å². The second kappa shape index (κ2) is 3.50. The van der Waals surface area contributed by atoms with Crippen molar-refractivity contribution in [1.29, 1.82) is 0 Å². The van der Waals surface area contributed by atoms with Gasteiger partial charge in [0, 0.05) is 6.04 Å². The van der Waals surface area contributed by atoms with Gasteiger partial charge in [-0.2, -0.15) is 0 Å². The summed E-state index contributed by atoms with van der Waals surface area (Å²) >= 11 is 0. The van der Waals surface area contributed by atoms with Crippen molar-refractivity contribution < 1.29 is 4.39 Å². The summed E-state index contributed by atoms with van der Waals surface area (Å²) in [6, 6.07) is 4.48. The van der Waals surface area contributed by atoms with E-state index < -0.39 is 0 Å². The Labute approximate surface area is 71.7 Å². The monoisotopic (exact) mass is 165 g/mol. The highest BCUT2D eigenvalue weighted by Gasteiger charge is 2.02. The average Bonchev–Trinajstić information content (AvgIpc) is 2.01. The predicted octanol–water partition coefficient (Wildman–Crippen LogP) is 2.32. The molecule has 1 atom stereocenters. The molecule has 0 heterocycles. The molecule has 2 heteroatoms. The van der Waals surface area contributed by atoms with Crippen molar-refractivity contribution in [2.45, 2.75) is 13.0 Å². The van der Waals surface area contributed by atoms with E-state index in [9.17, 15) is 4.39 Å². The Kier molecular flexibility index (Phi) is 2.61. The lowest BCUT2D eigenvalue weighted by Crippen LogP contribution is -2.06. The highest BCUT2D eigenvalue weighted by atomic mass is 19.1. The molecular formula is C10H12FN. The second-order valence-corrected chi connectivity index (χ2v) is 2.82. The standard InChI is InChI=1S/C10H12FN/c1-3-10(12)8-4-7(2)5-9(11)6-8/h3-6,10H,1,12H2,2H3. The first-order valence-corrected chi connectivity index (χ1v) is 3.78.